The van der Waals surface area contributed by atoms with Crippen LogP contribution in [0.4, 0.5) is 4.39 Å². The Labute approximate surface area is 152 Å². The SMILES string of the molecule is CO[C@@H]1C[C@H]2CN(C(=O)c3ncccc3F)C[C@H]2C[C@H]1N(C)C.O=CO. The van der Waals surface area contributed by atoms with E-state index >= 15 is 0 Å². The highest BCUT2D eigenvalue weighted by molar-refractivity contribution is 5.92. The van der Waals surface area contributed by atoms with E-state index in [1.54, 1.807) is 12.0 Å². The summed E-state index contributed by atoms with van der Waals surface area (Å²) in [6.07, 6.45) is 3.60. The van der Waals surface area contributed by atoms with Crippen molar-refractivity contribution in [1.29, 1.82) is 0 Å². The van der Waals surface area contributed by atoms with Crippen molar-refractivity contribution >= 4 is 12.4 Å². The molecule has 0 aromatic carbocycles. The number of halogens is 1. The van der Waals surface area contributed by atoms with Gasteiger partial charge in [-0.25, -0.2) is 9.37 Å². The average Bonchev–Trinajstić information content (AvgIpc) is 3.04. The summed E-state index contributed by atoms with van der Waals surface area (Å²) in [4.78, 5) is 28.8. The second-order valence-electron chi connectivity index (χ2n) is 6.95. The second kappa shape index (κ2) is 9.05. The van der Waals surface area contributed by atoms with Gasteiger partial charge in [0.05, 0.1) is 6.10 Å². The maximum absolute atomic E-state index is 13.8. The summed E-state index contributed by atoms with van der Waals surface area (Å²) in [6.45, 7) is 1.10. The fourth-order valence-electron chi connectivity index (χ4n) is 4.05. The molecule has 0 unspecified atom stereocenters. The molecule has 1 aliphatic heterocycles. The van der Waals surface area contributed by atoms with Crippen LogP contribution in [0.5, 0.6) is 0 Å². The molecule has 1 saturated heterocycles. The normalized spacial score (nSPS) is 27.5. The number of carbonyl (C=O) groups is 2. The summed E-state index contributed by atoms with van der Waals surface area (Å²) in [6, 6.07) is 3.15. The first-order chi connectivity index (χ1) is 12.4. The Hall–Kier alpha value is -2.06. The van der Waals surface area contributed by atoms with E-state index in [1.165, 1.54) is 18.3 Å². The van der Waals surface area contributed by atoms with Gasteiger partial charge in [0.15, 0.2) is 11.5 Å². The maximum Gasteiger partial charge on any atom is 0.290 e. The number of hydrogen-bond donors (Lipinski definition) is 1. The first-order valence-electron chi connectivity index (χ1n) is 8.59. The molecule has 4 atom stereocenters. The van der Waals surface area contributed by atoms with Crippen LogP contribution in [0.25, 0.3) is 0 Å². The molecule has 0 radical (unpaired) electrons. The van der Waals surface area contributed by atoms with Crippen molar-refractivity contribution in [2.45, 2.75) is 25.0 Å². The van der Waals surface area contributed by atoms with Gasteiger partial charge in [-0.1, -0.05) is 0 Å². The van der Waals surface area contributed by atoms with Crippen LogP contribution >= 0.6 is 0 Å². The molecule has 3 rings (SSSR count). The molecule has 2 heterocycles. The number of amides is 1. The highest BCUT2D eigenvalue weighted by Crippen LogP contribution is 2.39. The van der Waals surface area contributed by atoms with Crippen molar-refractivity contribution in [1.82, 2.24) is 14.8 Å². The summed E-state index contributed by atoms with van der Waals surface area (Å²) in [5.74, 6) is 0.0255. The van der Waals surface area contributed by atoms with Gasteiger partial charge < -0.3 is 19.6 Å². The van der Waals surface area contributed by atoms with Crippen molar-refractivity contribution in [2.24, 2.45) is 11.8 Å². The van der Waals surface area contributed by atoms with E-state index in [1.807, 2.05) is 0 Å². The van der Waals surface area contributed by atoms with Gasteiger partial charge in [0.25, 0.3) is 12.4 Å². The number of likely N-dealkylation sites (N-methyl/N-ethyl adjacent to an activating group) is 1. The minimum absolute atomic E-state index is 0.0707. The molecule has 2 aliphatic rings. The number of nitrogens with zero attached hydrogens (tertiary/aromatic N) is 3. The summed E-state index contributed by atoms with van der Waals surface area (Å²) >= 11 is 0. The Balaban J connectivity index is 0.000000758. The molecule has 144 valence electrons. The van der Waals surface area contributed by atoms with Gasteiger partial charge in [0.2, 0.25) is 0 Å². The zero-order valence-electron chi connectivity index (χ0n) is 15.3. The van der Waals surface area contributed by atoms with Crippen LogP contribution < -0.4 is 0 Å². The Morgan fingerprint density at radius 3 is 2.54 bits per heavy atom. The molecular weight excluding hydrogens is 341 g/mol. The summed E-state index contributed by atoms with van der Waals surface area (Å²) in [5.41, 5.74) is -0.0707. The quantitative estimate of drug-likeness (QED) is 0.812. The monoisotopic (exact) mass is 367 g/mol. The Morgan fingerprint density at radius 2 is 2.00 bits per heavy atom. The molecule has 7 nitrogen and oxygen atoms in total. The minimum Gasteiger partial charge on any atom is -0.483 e. The van der Waals surface area contributed by atoms with Gasteiger partial charge >= 0.3 is 0 Å². The lowest BCUT2D eigenvalue weighted by atomic mass is 9.77. The lowest BCUT2D eigenvalue weighted by Gasteiger charge is -2.40. The largest absolute Gasteiger partial charge is 0.483 e. The van der Waals surface area contributed by atoms with Gasteiger partial charge in [-0.15, -0.1) is 0 Å². The second-order valence-corrected chi connectivity index (χ2v) is 6.95. The van der Waals surface area contributed by atoms with Crippen molar-refractivity contribution in [2.75, 3.05) is 34.3 Å². The summed E-state index contributed by atoms with van der Waals surface area (Å²) in [7, 11) is 5.89. The first kappa shape index (κ1) is 20.3. The number of hydrogen-bond acceptors (Lipinski definition) is 5. The number of ether oxygens (including phenoxy) is 1. The highest BCUT2D eigenvalue weighted by Gasteiger charge is 2.44. The van der Waals surface area contributed by atoms with Crippen LogP contribution in [0.2, 0.25) is 0 Å². The molecule has 8 heteroatoms. The average molecular weight is 367 g/mol. The van der Waals surface area contributed by atoms with Gasteiger partial charge in [-0.3, -0.25) is 9.59 Å². The molecule has 2 fully saturated rings. The van der Waals surface area contributed by atoms with Crippen molar-refractivity contribution in [3.63, 3.8) is 0 Å². The number of fused-ring (bicyclic) bond motifs is 1. The Bertz CT molecular complexity index is 628. The van der Waals surface area contributed by atoms with E-state index in [9.17, 15) is 9.18 Å². The smallest absolute Gasteiger partial charge is 0.290 e. The maximum atomic E-state index is 13.8. The van der Waals surface area contributed by atoms with Crippen LogP contribution in [0.15, 0.2) is 18.3 Å². The number of carboxylic acid groups (broad SMARTS) is 1. The standard InChI is InChI=1S/C17H24FN3O2.CH2O2/c1-20(2)14-7-11-9-21(10-12(11)8-15(14)23-3)17(22)16-13(18)5-4-6-19-16;2-1-3/h4-6,11-12,14-15H,7-10H2,1-3H3;1H,(H,2,3)/t11-,12+,14-,15-;/m1./s1. The Morgan fingerprint density at radius 1 is 1.38 bits per heavy atom. The van der Waals surface area contributed by atoms with Crippen molar-refractivity contribution < 1.29 is 23.8 Å². The van der Waals surface area contributed by atoms with E-state index in [0.717, 1.165) is 12.8 Å². The number of likely N-dealkylation sites (tertiary alicyclic amines) is 1. The van der Waals surface area contributed by atoms with Crippen LogP contribution in [-0.2, 0) is 9.53 Å². The zero-order valence-corrected chi connectivity index (χ0v) is 15.3. The molecule has 1 aliphatic carbocycles. The molecular formula is C18H26FN3O4. The Kier molecular flexibility index (Phi) is 7.05. The fraction of sp³-hybridized carbons (Fsp3) is 0.611. The fourth-order valence-corrected chi connectivity index (χ4v) is 4.05. The van der Waals surface area contributed by atoms with Crippen LogP contribution in [0.1, 0.15) is 23.3 Å². The molecule has 1 saturated carbocycles. The predicted molar refractivity (Wildman–Crippen MR) is 93.3 cm³/mol. The van der Waals surface area contributed by atoms with Crippen LogP contribution in [0, 0.1) is 17.7 Å². The molecule has 1 amide bonds. The third-order valence-electron chi connectivity index (χ3n) is 5.30. The number of methoxy groups -OCH3 is 1. The zero-order chi connectivity index (χ0) is 19.3. The summed E-state index contributed by atoms with van der Waals surface area (Å²) in [5, 5.41) is 6.89. The van der Waals surface area contributed by atoms with E-state index in [2.05, 4.69) is 24.0 Å². The van der Waals surface area contributed by atoms with Crippen LogP contribution in [-0.4, -0.2) is 78.7 Å². The lowest BCUT2D eigenvalue weighted by molar-refractivity contribution is -0.122. The molecule has 1 aromatic heterocycles. The van der Waals surface area contributed by atoms with E-state index in [-0.39, 0.29) is 24.2 Å². The van der Waals surface area contributed by atoms with Crippen molar-refractivity contribution in [3.8, 4) is 0 Å². The van der Waals surface area contributed by atoms with E-state index in [4.69, 9.17) is 14.6 Å². The van der Waals surface area contributed by atoms with Crippen LogP contribution in [0.3, 0.4) is 0 Å². The topological polar surface area (TPSA) is 83.0 Å². The van der Waals surface area contributed by atoms with E-state index < -0.39 is 5.82 Å². The molecule has 26 heavy (non-hydrogen) atoms. The van der Waals surface area contributed by atoms with Gasteiger partial charge in [0.1, 0.15) is 0 Å². The number of rotatable bonds is 3. The minimum atomic E-state index is -0.548. The predicted octanol–water partition coefficient (Wildman–Crippen LogP) is 1.35. The third-order valence-corrected chi connectivity index (χ3v) is 5.30. The number of pyridine rings is 1. The highest BCUT2D eigenvalue weighted by atomic mass is 19.1. The first-order valence-corrected chi connectivity index (χ1v) is 8.59. The van der Waals surface area contributed by atoms with E-state index in [0.29, 0.717) is 31.0 Å². The van der Waals surface area contributed by atoms with Gasteiger partial charge in [-0.2, -0.15) is 0 Å². The molecule has 0 bridgehead atoms. The molecule has 1 N–H and O–H groups in total. The van der Waals surface area contributed by atoms with Gasteiger partial charge in [-0.05, 0) is 50.9 Å². The number of carbonyl (C=O) groups excluding carboxylic acids is 1. The number of aromatic nitrogens is 1. The molecule has 1 aromatic rings. The summed E-state index contributed by atoms with van der Waals surface area (Å²) < 4.78 is 19.5. The van der Waals surface area contributed by atoms with Crippen molar-refractivity contribution in [3.05, 3.63) is 29.8 Å². The molecule has 0 spiro atoms. The third kappa shape index (κ3) is 4.37. The lowest BCUT2D eigenvalue weighted by Crippen LogP contribution is -2.47. The van der Waals surface area contributed by atoms with Gasteiger partial charge in [0, 0.05) is 32.4 Å².